The van der Waals surface area contributed by atoms with E-state index in [1.54, 1.807) is 21.9 Å². The maximum atomic E-state index is 13.5. The highest BCUT2D eigenvalue weighted by atomic mass is 19.3. The summed E-state index contributed by atoms with van der Waals surface area (Å²) in [5, 5.41) is 5.33. The van der Waals surface area contributed by atoms with Gasteiger partial charge in [0.05, 0.1) is 12.6 Å². The summed E-state index contributed by atoms with van der Waals surface area (Å²) in [5.41, 5.74) is 2.40. The number of halogens is 2. The van der Waals surface area contributed by atoms with Crippen molar-refractivity contribution in [1.82, 2.24) is 15.1 Å². The highest BCUT2D eigenvalue weighted by molar-refractivity contribution is 5.77. The number of carbonyl (C=O) groups is 2. The molecule has 6 nitrogen and oxygen atoms in total. The Morgan fingerprint density at radius 2 is 2.25 bits per heavy atom. The second-order valence-corrected chi connectivity index (χ2v) is 6.36. The molecule has 1 atom stereocenters. The summed E-state index contributed by atoms with van der Waals surface area (Å²) < 4.78 is 26.9. The van der Waals surface area contributed by atoms with E-state index in [9.17, 15) is 18.4 Å². The number of amides is 3. The molecule has 1 aromatic rings. The maximum Gasteiger partial charge on any atom is 0.318 e. The van der Waals surface area contributed by atoms with Crippen LogP contribution in [-0.2, 0) is 11.3 Å². The van der Waals surface area contributed by atoms with Crippen LogP contribution < -0.4 is 10.6 Å². The predicted octanol–water partition coefficient (Wildman–Crippen LogP) is 1.79. The summed E-state index contributed by atoms with van der Waals surface area (Å²) in [6, 6.07) is 4.96. The highest BCUT2D eigenvalue weighted by Gasteiger charge is 2.37. The number of nitrogens with one attached hydrogen (secondary N) is 2. The van der Waals surface area contributed by atoms with Crippen molar-refractivity contribution in [2.45, 2.75) is 25.4 Å². The van der Waals surface area contributed by atoms with E-state index in [1.807, 2.05) is 6.07 Å². The smallest absolute Gasteiger partial charge is 0.318 e. The summed E-state index contributed by atoms with van der Waals surface area (Å²) >= 11 is 0. The van der Waals surface area contributed by atoms with Crippen molar-refractivity contribution < 1.29 is 18.4 Å². The molecule has 1 saturated heterocycles. The maximum absolute atomic E-state index is 13.5. The van der Waals surface area contributed by atoms with Gasteiger partial charge in [0.2, 0.25) is 6.41 Å². The van der Waals surface area contributed by atoms with Gasteiger partial charge in [-0.25, -0.2) is 13.6 Å². The third-order valence-electron chi connectivity index (χ3n) is 4.32. The molecule has 1 unspecified atom stereocenters. The second-order valence-electron chi connectivity index (χ2n) is 6.36. The summed E-state index contributed by atoms with van der Waals surface area (Å²) in [7, 11) is 0. The van der Waals surface area contributed by atoms with Crippen LogP contribution in [0.2, 0.25) is 0 Å². The lowest BCUT2D eigenvalue weighted by Crippen LogP contribution is -2.46. The van der Waals surface area contributed by atoms with E-state index in [4.69, 9.17) is 0 Å². The first-order valence-corrected chi connectivity index (χ1v) is 7.85. The lowest BCUT2D eigenvalue weighted by Gasteiger charge is -2.39. The Kier molecular flexibility index (Phi) is 4.40. The van der Waals surface area contributed by atoms with E-state index in [0.717, 1.165) is 18.1 Å². The minimum atomic E-state index is -2.81. The molecule has 2 aliphatic heterocycles. The van der Waals surface area contributed by atoms with Gasteiger partial charge in [-0.1, -0.05) is 6.07 Å². The van der Waals surface area contributed by atoms with Gasteiger partial charge in [0, 0.05) is 38.8 Å². The van der Waals surface area contributed by atoms with Gasteiger partial charge in [0.25, 0.3) is 5.92 Å². The molecular weight excluding hydrogens is 318 g/mol. The number of hydrogen-bond donors (Lipinski definition) is 2. The molecule has 1 fully saturated rings. The van der Waals surface area contributed by atoms with Crippen molar-refractivity contribution in [3.63, 3.8) is 0 Å². The lowest BCUT2D eigenvalue weighted by atomic mass is 9.93. The molecule has 130 valence electrons. The molecule has 3 amide bonds. The molecule has 1 aromatic carbocycles. The first-order valence-electron chi connectivity index (χ1n) is 7.85. The second kappa shape index (κ2) is 6.35. The summed E-state index contributed by atoms with van der Waals surface area (Å²) in [4.78, 5) is 26.0. The molecule has 0 saturated carbocycles. The van der Waals surface area contributed by atoms with E-state index in [2.05, 4.69) is 10.6 Å². The van der Waals surface area contributed by atoms with Crippen LogP contribution in [0.25, 0.3) is 0 Å². The fourth-order valence-corrected chi connectivity index (χ4v) is 3.44. The van der Waals surface area contributed by atoms with Crippen molar-refractivity contribution in [2.24, 2.45) is 0 Å². The summed E-state index contributed by atoms with van der Waals surface area (Å²) in [6.45, 7) is 2.35. The van der Waals surface area contributed by atoms with Gasteiger partial charge in [0.15, 0.2) is 0 Å². The van der Waals surface area contributed by atoms with E-state index >= 15 is 0 Å². The third kappa shape index (κ3) is 3.48. The molecule has 0 radical (unpaired) electrons. The van der Waals surface area contributed by atoms with Gasteiger partial charge in [-0.2, -0.15) is 0 Å². The van der Waals surface area contributed by atoms with Gasteiger partial charge in [-0.15, -0.1) is 0 Å². The average molecular weight is 338 g/mol. The summed E-state index contributed by atoms with van der Waals surface area (Å²) in [6.07, 6.45) is 0.577. The Bertz CT molecular complexity index is 647. The van der Waals surface area contributed by atoms with Crippen molar-refractivity contribution >= 4 is 18.1 Å². The monoisotopic (exact) mass is 338 g/mol. The number of hydrogen-bond acceptors (Lipinski definition) is 3. The number of nitrogens with zero attached hydrogens (tertiary/aromatic N) is 2. The lowest BCUT2D eigenvalue weighted by molar-refractivity contribution is -0.105. The van der Waals surface area contributed by atoms with Gasteiger partial charge in [-0.3, -0.25) is 9.69 Å². The highest BCUT2D eigenvalue weighted by Crippen LogP contribution is 2.34. The first kappa shape index (κ1) is 16.6. The topological polar surface area (TPSA) is 64.7 Å². The average Bonchev–Trinajstić information content (AvgIpc) is 2.91. The molecule has 0 spiro atoms. The van der Waals surface area contributed by atoms with E-state index < -0.39 is 5.92 Å². The van der Waals surface area contributed by atoms with Crippen LogP contribution in [0.3, 0.4) is 0 Å². The van der Waals surface area contributed by atoms with Crippen LogP contribution in [0, 0.1) is 0 Å². The van der Waals surface area contributed by atoms with Crippen LogP contribution in [0.15, 0.2) is 18.2 Å². The van der Waals surface area contributed by atoms with Crippen LogP contribution in [0.4, 0.5) is 19.3 Å². The number of rotatable bonds is 5. The number of urea groups is 1. The van der Waals surface area contributed by atoms with Crippen LogP contribution in [-0.4, -0.2) is 54.3 Å². The molecular formula is C16H20F2N4O2. The fourth-order valence-electron chi connectivity index (χ4n) is 3.44. The molecule has 24 heavy (non-hydrogen) atoms. The van der Waals surface area contributed by atoms with Crippen molar-refractivity contribution in [2.75, 3.05) is 31.5 Å². The number of benzene rings is 1. The van der Waals surface area contributed by atoms with E-state index in [0.29, 0.717) is 38.3 Å². The number of carbonyl (C=O) groups excluding carboxylic acids is 2. The van der Waals surface area contributed by atoms with Crippen molar-refractivity contribution in [3.8, 4) is 0 Å². The molecule has 0 aliphatic carbocycles. The SMILES string of the molecule is CC(F)(F)CN1Cc2cc(NC=O)ccc2C(N2CCNC2=O)C1. The summed E-state index contributed by atoms with van der Waals surface area (Å²) in [5.74, 6) is -2.81. The Labute approximate surface area is 138 Å². The zero-order chi connectivity index (χ0) is 17.3. The first-order chi connectivity index (χ1) is 11.4. The molecule has 3 rings (SSSR count). The van der Waals surface area contributed by atoms with E-state index in [1.165, 1.54) is 0 Å². The molecule has 0 bridgehead atoms. The zero-order valence-corrected chi connectivity index (χ0v) is 13.4. The van der Waals surface area contributed by atoms with Crippen molar-refractivity contribution in [1.29, 1.82) is 0 Å². The Morgan fingerprint density at radius 3 is 2.88 bits per heavy atom. The fraction of sp³-hybridized carbons (Fsp3) is 0.500. The minimum absolute atomic E-state index is 0.175. The van der Waals surface area contributed by atoms with Crippen LogP contribution in [0.5, 0.6) is 0 Å². The van der Waals surface area contributed by atoms with Gasteiger partial charge in [-0.05, 0) is 23.3 Å². The number of anilines is 1. The van der Waals surface area contributed by atoms with Gasteiger partial charge >= 0.3 is 6.03 Å². The van der Waals surface area contributed by atoms with Crippen molar-refractivity contribution in [3.05, 3.63) is 29.3 Å². The van der Waals surface area contributed by atoms with Crippen LogP contribution >= 0.6 is 0 Å². The molecule has 8 heteroatoms. The normalized spacial score (nSPS) is 21.4. The standard InChI is InChI=1S/C16H20F2N4O2/c1-16(17,18)9-21-7-11-6-12(20-10-23)2-3-13(11)14(8-21)22-5-4-19-15(22)24/h2-3,6,10,14H,4-5,7-9H2,1H3,(H,19,24)(H,20,23). The molecule has 2 aliphatic rings. The Hall–Kier alpha value is -2.22. The number of alkyl halides is 2. The third-order valence-corrected chi connectivity index (χ3v) is 4.32. The minimum Gasteiger partial charge on any atom is -0.336 e. The Balaban J connectivity index is 1.93. The van der Waals surface area contributed by atoms with Gasteiger partial charge in [0.1, 0.15) is 0 Å². The zero-order valence-electron chi connectivity index (χ0n) is 13.4. The quantitative estimate of drug-likeness (QED) is 0.805. The molecule has 2 N–H and O–H groups in total. The van der Waals surface area contributed by atoms with Crippen LogP contribution in [0.1, 0.15) is 24.1 Å². The van der Waals surface area contributed by atoms with Gasteiger partial charge < -0.3 is 15.5 Å². The van der Waals surface area contributed by atoms with E-state index in [-0.39, 0.29) is 18.6 Å². The largest absolute Gasteiger partial charge is 0.336 e. The molecule has 0 aromatic heterocycles. The number of fused-ring (bicyclic) bond motifs is 1. The predicted molar refractivity (Wildman–Crippen MR) is 84.9 cm³/mol. The Morgan fingerprint density at radius 1 is 1.46 bits per heavy atom. The molecule has 2 heterocycles.